The van der Waals surface area contributed by atoms with Crippen LogP contribution < -0.4 is 21.7 Å². The second-order valence-corrected chi connectivity index (χ2v) is 17.9. The first-order valence-corrected chi connectivity index (χ1v) is 23.5. The fourth-order valence-electron chi connectivity index (χ4n) is 8.84. The van der Waals surface area contributed by atoms with Gasteiger partial charge in [0.25, 0.3) is 0 Å². The lowest BCUT2D eigenvalue weighted by Crippen LogP contribution is -2.70. The number of nitrogens with zero attached hydrogens (tertiary/aromatic N) is 1. The van der Waals surface area contributed by atoms with Gasteiger partial charge >= 0.3 is 24.4 Å². The molecule has 2 aliphatic heterocycles. The number of hydrogen-bond donors (Lipinski definition) is 7. The maximum absolute atomic E-state index is 13.6. The zero-order valence-corrected chi connectivity index (χ0v) is 39.5. The molecule has 1 aliphatic carbocycles. The van der Waals surface area contributed by atoms with Gasteiger partial charge in [-0.05, 0) is 48.4 Å². The molecule has 2 saturated heterocycles. The molecule has 2 heterocycles. The summed E-state index contributed by atoms with van der Waals surface area (Å²) in [7, 11) is 1.35. The molecule has 8 N–H and O–H groups in total. The van der Waals surface area contributed by atoms with Gasteiger partial charge in [0, 0.05) is 13.6 Å². The molecule has 7 rings (SSSR count). The lowest BCUT2D eigenvalue weighted by molar-refractivity contribution is -0.314. The van der Waals surface area contributed by atoms with E-state index in [9.17, 15) is 34.5 Å². The highest BCUT2D eigenvalue weighted by molar-refractivity contribution is 5.69. The average molecular weight is 986 g/mol. The van der Waals surface area contributed by atoms with Crippen LogP contribution in [0.2, 0.25) is 0 Å². The van der Waals surface area contributed by atoms with Gasteiger partial charge in [-0.2, -0.15) is 0 Å². The standard InChI is InChI=1S/C51H63N5O15/c1-51(63)31-68-46(41(58)44(51)56(2)50(62)67-30-35-21-13-6-14-22-35)71-43-39(55-49(61)66-29-34-19-11-5-12-20-34)25-38(54-48(60)65-28-33-17-9-4-10-18-33)42(40(43)57)70-45-37(24-23-36(26-52)69-45)53-47(59)64-27-32-15-7-3-8-16-32/h3-22,36-46,57-58,63H,23-31,52H2,1-2H3,(H,53,59)(H,54,60)(H,55,61). The van der Waals surface area contributed by atoms with E-state index >= 15 is 0 Å². The molecule has 1 saturated carbocycles. The van der Waals surface area contributed by atoms with Crippen molar-refractivity contribution in [3.8, 4) is 0 Å². The Balaban J connectivity index is 1.16. The van der Waals surface area contributed by atoms with Gasteiger partial charge in [-0.3, -0.25) is 0 Å². The first-order chi connectivity index (χ1) is 34.3. The number of hydrogen-bond acceptors (Lipinski definition) is 16. The van der Waals surface area contributed by atoms with Crippen molar-refractivity contribution in [3.63, 3.8) is 0 Å². The third-order valence-electron chi connectivity index (χ3n) is 12.5. The molecule has 0 aromatic heterocycles. The van der Waals surface area contributed by atoms with E-state index in [2.05, 4.69) is 16.0 Å². The number of amides is 4. The van der Waals surface area contributed by atoms with E-state index in [-0.39, 0.29) is 39.4 Å². The highest BCUT2D eigenvalue weighted by atomic mass is 16.7. The minimum atomic E-state index is -1.84. The molecule has 3 aliphatic rings. The van der Waals surface area contributed by atoms with Crippen molar-refractivity contribution in [2.75, 3.05) is 20.2 Å². The molecular formula is C51H63N5O15. The minimum absolute atomic E-state index is 0.0210. The molecule has 0 bridgehead atoms. The Hall–Kier alpha value is -6.36. The van der Waals surface area contributed by atoms with E-state index in [0.29, 0.717) is 29.5 Å². The Morgan fingerprint density at radius 2 is 1.03 bits per heavy atom. The van der Waals surface area contributed by atoms with Gasteiger partial charge in [-0.25, -0.2) is 19.2 Å². The van der Waals surface area contributed by atoms with E-state index in [1.807, 2.05) is 36.4 Å². The highest BCUT2D eigenvalue weighted by Gasteiger charge is 2.55. The largest absolute Gasteiger partial charge is 0.445 e. The number of likely N-dealkylation sites (N-methyl/N-ethyl adjacent to an activating group) is 1. The molecule has 71 heavy (non-hydrogen) atoms. The van der Waals surface area contributed by atoms with Crippen molar-refractivity contribution < 1.29 is 72.4 Å². The fraction of sp³-hybridized carbons (Fsp3) is 0.451. The monoisotopic (exact) mass is 985 g/mol. The Labute approximate surface area is 411 Å². The summed E-state index contributed by atoms with van der Waals surface area (Å²) in [5.74, 6) is 0. The van der Waals surface area contributed by atoms with Gasteiger partial charge in [0.2, 0.25) is 0 Å². The van der Waals surface area contributed by atoms with Crippen molar-refractivity contribution in [2.24, 2.45) is 5.73 Å². The highest BCUT2D eigenvalue weighted by Crippen LogP contribution is 2.35. The molecule has 4 aromatic rings. The summed E-state index contributed by atoms with van der Waals surface area (Å²) < 4.78 is 47.4. The van der Waals surface area contributed by atoms with Crippen LogP contribution in [0.1, 0.15) is 48.4 Å². The predicted molar refractivity (Wildman–Crippen MR) is 253 cm³/mol. The Kier molecular flexibility index (Phi) is 18.6. The summed E-state index contributed by atoms with van der Waals surface area (Å²) in [4.78, 5) is 55.0. The van der Waals surface area contributed by atoms with Crippen molar-refractivity contribution in [1.29, 1.82) is 0 Å². The Morgan fingerprint density at radius 3 is 1.46 bits per heavy atom. The Bertz CT molecular complexity index is 2300. The second-order valence-electron chi connectivity index (χ2n) is 17.9. The molecule has 20 heteroatoms. The summed E-state index contributed by atoms with van der Waals surface area (Å²) in [5, 5.41) is 44.5. The van der Waals surface area contributed by atoms with E-state index < -0.39 is 104 Å². The van der Waals surface area contributed by atoms with E-state index in [4.69, 9.17) is 43.6 Å². The van der Waals surface area contributed by atoms with E-state index in [1.54, 1.807) is 84.9 Å². The first-order valence-electron chi connectivity index (χ1n) is 23.5. The number of nitrogens with two attached hydrogens (primary N) is 1. The van der Waals surface area contributed by atoms with Crippen LogP contribution in [0.25, 0.3) is 0 Å². The topological polar surface area (TPSA) is 268 Å². The van der Waals surface area contributed by atoms with Gasteiger partial charge in [-0.1, -0.05) is 121 Å². The number of aliphatic hydroxyl groups excluding tert-OH is 2. The number of carbonyl (C=O) groups is 4. The van der Waals surface area contributed by atoms with Crippen LogP contribution in [-0.4, -0.2) is 138 Å². The molecule has 20 nitrogen and oxygen atoms in total. The summed E-state index contributed by atoms with van der Waals surface area (Å²) in [5.41, 5.74) is 7.07. The summed E-state index contributed by atoms with van der Waals surface area (Å²) in [6.45, 7) is 0.659. The van der Waals surface area contributed by atoms with Crippen LogP contribution in [-0.2, 0) is 64.3 Å². The molecule has 382 valence electrons. The third-order valence-corrected chi connectivity index (χ3v) is 12.5. The average Bonchev–Trinajstić information content (AvgIpc) is 3.38. The van der Waals surface area contributed by atoms with Crippen LogP contribution in [0.15, 0.2) is 121 Å². The van der Waals surface area contributed by atoms with Crippen molar-refractivity contribution in [1.82, 2.24) is 20.9 Å². The lowest BCUT2D eigenvalue weighted by Gasteiger charge is -2.50. The number of alkyl carbamates (subject to hydrolysis) is 3. The third kappa shape index (κ3) is 14.6. The lowest BCUT2D eigenvalue weighted by atomic mass is 9.83. The van der Waals surface area contributed by atoms with Gasteiger partial charge < -0.3 is 79.8 Å². The van der Waals surface area contributed by atoms with Gasteiger partial charge in [0.05, 0.1) is 36.9 Å². The molecule has 12 unspecified atom stereocenters. The molecule has 4 amide bonds. The number of aliphatic hydroxyl groups is 3. The normalized spacial score (nSPS) is 28.3. The van der Waals surface area contributed by atoms with Crippen molar-refractivity contribution in [2.45, 2.75) is 125 Å². The van der Waals surface area contributed by atoms with E-state index in [1.165, 1.54) is 14.0 Å². The quantitative estimate of drug-likeness (QED) is 0.0738. The van der Waals surface area contributed by atoms with Crippen LogP contribution in [0.5, 0.6) is 0 Å². The molecule has 3 fully saturated rings. The maximum atomic E-state index is 13.6. The van der Waals surface area contributed by atoms with Gasteiger partial charge in [0.1, 0.15) is 56.4 Å². The zero-order valence-electron chi connectivity index (χ0n) is 39.5. The van der Waals surface area contributed by atoms with Crippen LogP contribution in [0, 0.1) is 0 Å². The Morgan fingerprint density at radius 1 is 0.620 bits per heavy atom. The maximum Gasteiger partial charge on any atom is 0.410 e. The van der Waals surface area contributed by atoms with Crippen LogP contribution in [0.4, 0.5) is 19.2 Å². The number of benzene rings is 4. The molecule has 0 spiro atoms. The second kappa shape index (κ2) is 25.2. The zero-order chi connectivity index (χ0) is 50.3. The summed E-state index contributed by atoms with van der Waals surface area (Å²) >= 11 is 0. The summed E-state index contributed by atoms with van der Waals surface area (Å²) in [6.07, 6.45) is -13.0. The minimum Gasteiger partial charge on any atom is -0.445 e. The molecule has 12 atom stereocenters. The fourth-order valence-corrected chi connectivity index (χ4v) is 8.84. The number of carbonyl (C=O) groups excluding carboxylic acids is 4. The SMILES string of the molecule is CN(C(=O)OCc1ccccc1)C1C(O)C(OC2C(NC(=O)OCc3ccccc3)CC(NC(=O)OCc3ccccc3)C(OC3OC(CN)CCC3NC(=O)OCc3ccccc3)C2O)OCC1(C)O. The molecule has 4 aromatic carbocycles. The number of nitrogens with one attached hydrogen (secondary N) is 3. The van der Waals surface area contributed by atoms with Crippen molar-refractivity contribution >= 4 is 24.4 Å². The smallest absolute Gasteiger partial charge is 0.410 e. The molecular weight excluding hydrogens is 923 g/mol. The van der Waals surface area contributed by atoms with Gasteiger partial charge in [0.15, 0.2) is 12.6 Å². The molecule has 0 radical (unpaired) electrons. The predicted octanol–water partition coefficient (Wildman–Crippen LogP) is 3.98. The van der Waals surface area contributed by atoms with Crippen LogP contribution in [0.3, 0.4) is 0 Å². The first kappa shape index (κ1) is 52.5. The summed E-state index contributed by atoms with van der Waals surface area (Å²) in [6, 6.07) is 31.2. The van der Waals surface area contributed by atoms with E-state index in [0.717, 1.165) is 10.5 Å². The van der Waals surface area contributed by atoms with Gasteiger partial charge in [-0.15, -0.1) is 0 Å². The number of ether oxygens (including phenoxy) is 8. The van der Waals surface area contributed by atoms with Crippen molar-refractivity contribution in [3.05, 3.63) is 144 Å². The van der Waals surface area contributed by atoms with Crippen LogP contribution >= 0.6 is 0 Å². The number of rotatable bonds is 17.